The van der Waals surface area contributed by atoms with E-state index in [0.29, 0.717) is 18.6 Å². The summed E-state index contributed by atoms with van der Waals surface area (Å²) in [6, 6.07) is 7.30. The first-order valence-corrected chi connectivity index (χ1v) is 10.8. The molecule has 5 nitrogen and oxygen atoms in total. The highest BCUT2D eigenvalue weighted by Gasteiger charge is 2.26. The average Bonchev–Trinajstić information content (AvgIpc) is 2.62. The SMILES string of the molecule is COC(=O)C(CCSC)NC(=O)C(CSC(C)=O)Cc1ccc(C)cc1. The Kier molecular flexibility index (Phi) is 10.4. The third kappa shape index (κ3) is 8.27. The third-order valence-electron chi connectivity index (χ3n) is 3.87. The van der Waals surface area contributed by atoms with Crippen LogP contribution in [0.4, 0.5) is 0 Å². The van der Waals surface area contributed by atoms with Crippen molar-refractivity contribution >= 4 is 40.5 Å². The van der Waals surface area contributed by atoms with Gasteiger partial charge in [-0.05, 0) is 37.3 Å². The van der Waals surface area contributed by atoms with Crippen LogP contribution in [0.5, 0.6) is 0 Å². The maximum atomic E-state index is 12.8. The maximum Gasteiger partial charge on any atom is 0.328 e. The highest BCUT2D eigenvalue weighted by atomic mass is 32.2. The summed E-state index contributed by atoms with van der Waals surface area (Å²) < 4.78 is 4.80. The van der Waals surface area contributed by atoms with Crippen LogP contribution in [0.2, 0.25) is 0 Å². The minimum Gasteiger partial charge on any atom is -0.467 e. The summed E-state index contributed by atoms with van der Waals surface area (Å²) in [6.07, 6.45) is 2.97. The Labute approximate surface area is 164 Å². The number of aryl methyl sites for hydroxylation is 1. The molecule has 0 bridgehead atoms. The van der Waals surface area contributed by atoms with Gasteiger partial charge in [0.25, 0.3) is 0 Å². The molecule has 0 saturated heterocycles. The molecule has 0 aliphatic rings. The van der Waals surface area contributed by atoms with Gasteiger partial charge >= 0.3 is 5.97 Å². The number of amides is 1. The molecule has 1 aromatic carbocycles. The number of thioether (sulfide) groups is 2. The quantitative estimate of drug-likeness (QED) is 0.612. The molecule has 1 rings (SSSR count). The molecule has 1 amide bonds. The zero-order chi connectivity index (χ0) is 19.5. The molecule has 1 aromatic rings. The lowest BCUT2D eigenvalue weighted by molar-refractivity contribution is -0.145. The van der Waals surface area contributed by atoms with Gasteiger partial charge in [0.05, 0.1) is 13.0 Å². The topological polar surface area (TPSA) is 72.5 Å². The fraction of sp³-hybridized carbons (Fsp3) is 0.526. The summed E-state index contributed by atoms with van der Waals surface area (Å²) in [5.74, 6) is 0.0562. The van der Waals surface area contributed by atoms with Crippen LogP contribution < -0.4 is 5.32 Å². The van der Waals surface area contributed by atoms with Crippen molar-refractivity contribution in [2.45, 2.75) is 32.7 Å². The summed E-state index contributed by atoms with van der Waals surface area (Å²) in [5.41, 5.74) is 2.18. The molecule has 2 atom stereocenters. The number of ether oxygens (including phenoxy) is 1. The highest BCUT2D eigenvalue weighted by molar-refractivity contribution is 8.13. The van der Waals surface area contributed by atoms with Crippen molar-refractivity contribution in [1.29, 1.82) is 0 Å². The molecule has 0 fully saturated rings. The Morgan fingerprint density at radius 1 is 1.19 bits per heavy atom. The van der Waals surface area contributed by atoms with Crippen molar-refractivity contribution in [2.24, 2.45) is 5.92 Å². The number of methoxy groups -OCH3 is 1. The predicted molar refractivity (Wildman–Crippen MR) is 108 cm³/mol. The van der Waals surface area contributed by atoms with E-state index in [1.54, 1.807) is 11.8 Å². The zero-order valence-electron chi connectivity index (χ0n) is 15.7. The largest absolute Gasteiger partial charge is 0.467 e. The molecule has 0 aromatic heterocycles. The minimum absolute atomic E-state index is 0.0291. The fourth-order valence-corrected chi connectivity index (χ4v) is 3.55. The number of rotatable bonds is 10. The van der Waals surface area contributed by atoms with E-state index in [1.165, 1.54) is 14.0 Å². The van der Waals surface area contributed by atoms with E-state index in [9.17, 15) is 14.4 Å². The summed E-state index contributed by atoms with van der Waals surface area (Å²) in [4.78, 5) is 36.0. The summed E-state index contributed by atoms with van der Waals surface area (Å²) in [5, 5.41) is 2.78. The lowest BCUT2D eigenvalue weighted by Crippen LogP contribution is -2.45. The first kappa shape index (κ1) is 22.6. The van der Waals surface area contributed by atoms with E-state index < -0.39 is 17.9 Å². The van der Waals surface area contributed by atoms with Crippen LogP contribution in [0, 0.1) is 12.8 Å². The molecule has 1 N–H and O–H groups in total. The number of benzene rings is 1. The first-order valence-electron chi connectivity index (χ1n) is 8.43. The van der Waals surface area contributed by atoms with Crippen molar-refractivity contribution in [3.63, 3.8) is 0 Å². The van der Waals surface area contributed by atoms with Crippen LogP contribution in [-0.2, 0) is 25.5 Å². The predicted octanol–water partition coefficient (Wildman–Crippen LogP) is 2.84. The van der Waals surface area contributed by atoms with Crippen LogP contribution in [0.3, 0.4) is 0 Å². The molecule has 0 heterocycles. The van der Waals surface area contributed by atoms with Gasteiger partial charge in [0.2, 0.25) is 5.91 Å². The molecule has 0 aliphatic carbocycles. The van der Waals surface area contributed by atoms with Gasteiger partial charge in [-0.2, -0.15) is 11.8 Å². The molecule has 2 unspecified atom stereocenters. The summed E-state index contributed by atoms with van der Waals surface area (Å²) in [7, 11) is 1.32. The third-order valence-corrected chi connectivity index (χ3v) is 5.49. The van der Waals surface area contributed by atoms with E-state index >= 15 is 0 Å². The van der Waals surface area contributed by atoms with Gasteiger partial charge in [-0.1, -0.05) is 41.6 Å². The van der Waals surface area contributed by atoms with Crippen molar-refractivity contribution in [1.82, 2.24) is 5.32 Å². The molecule has 0 saturated carbocycles. The summed E-state index contributed by atoms with van der Waals surface area (Å²) in [6.45, 7) is 3.49. The van der Waals surface area contributed by atoms with E-state index in [-0.39, 0.29) is 11.0 Å². The van der Waals surface area contributed by atoms with Crippen molar-refractivity contribution in [2.75, 3.05) is 24.9 Å². The number of hydrogen-bond acceptors (Lipinski definition) is 6. The lowest BCUT2D eigenvalue weighted by Gasteiger charge is -2.21. The van der Waals surface area contributed by atoms with Crippen LogP contribution in [0.15, 0.2) is 24.3 Å². The van der Waals surface area contributed by atoms with Gasteiger partial charge in [0.1, 0.15) is 6.04 Å². The highest BCUT2D eigenvalue weighted by Crippen LogP contribution is 2.17. The molecular weight excluding hydrogens is 370 g/mol. The zero-order valence-corrected chi connectivity index (χ0v) is 17.4. The van der Waals surface area contributed by atoms with E-state index in [2.05, 4.69) is 5.32 Å². The Morgan fingerprint density at radius 2 is 1.85 bits per heavy atom. The van der Waals surface area contributed by atoms with Crippen molar-refractivity contribution in [3.05, 3.63) is 35.4 Å². The average molecular weight is 398 g/mol. The Bertz CT molecular complexity index is 604. The monoisotopic (exact) mass is 397 g/mol. The van der Waals surface area contributed by atoms with E-state index in [0.717, 1.165) is 28.6 Å². The molecule has 7 heteroatoms. The van der Waals surface area contributed by atoms with Crippen molar-refractivity contribution < 1.29 is 19.1 Å². The second-order valence-corrected chi connectivity index (χ2v) is 8.24. The standard InChI is InChI=1S/C19H27NO4S2/c1-13-5-7-15(8-6-13)11-16(12-26-14(2)21)18(22)20-17(9-10-25-4)19(23)24-3/h5-8,16-17H,9-12H2,1-4H3,(H,20,22). The van der Waals surface area contributed by atoms with Crippen LogP contribution in [0.1, 0.15) is 24.5 Å². The second kappa shape index (κ2) is 12.0. The Morgan fingerprint density at radius 3 is 2.38 bits per heavy atom. The van der Waals surface area contributed by atoms with E-state index in [1.807, 2.05) is 37.4 Å². The molecule has 0 spiro atoms. The van der Waals surface area contributed by atoms with Gasteiger partial charge in [-0.15, -0.1) is 0 Å². The smallest absolute Gasteiger partial charge is 0.328 e. The van der Waals surface area contributed by atoms with Gasteiger partial charge in [-0.3, -0.25) is 9.59 Å². The van der Waals surface area contributed by atoms with Crippen LogP contribution >= 0.6 is 23.5 Å². The molecule has 0 radical (unpaired) electrons. The van der Waals surface area contributed by atoms with Gasteiger partial charge in [0.15, 0.2) is 5.12 Å². The van der Waals surface area contributed by atoms with E-state index in [4.69, 9.17) is 4.74 Å². The first-order chi connectivity index (χ1) is 12.4. The molecule has 0 aliphatic heterocycles. The van der Waals surface area contributed by atoms with Crippen LogP contribution in [-0.4, -0.2) is 47.9 Å². The van der Waals surface area contributed by atoms with Crippen molar-refractivity contribution in [3.8, 4) is 0 Å². The molecule has 26 heavy (non-hydrogen) atoms. The van der Waals surface area contributed by atoms with Crippen LogP contribution in [0.25, 0.3) is 0 Å². The number of hydrogen-bond donors (Lipinski definition) is 1. The number of carbonyl (C=O) groups is 3. The number of carbonyl (C=O) groups excluding carboxylic acids is 3. The van der Waals surface area contributed by atoms with Gasteiger partial charge in [0, 0.05) is 12.7 Å². The fourth-order valence-electron chi connectivity index (χ4n) is 2.37. The Balaban J connectivity index is 2.84. The summed E-state index contributed by atoms with van der Waals surface area (Å²) >= 11 is 2.73. The normalized spacial score (nSPS) is 12.9. The second-order valence-electron chi connectivity index (χ2n) is 6.06. The lowest BCUT2D eigenvalue weighted by atomic mass is 9.99. The molecular formula is C19H27NO4S2. The number of esters is 1. The minimum atomic E-state index is -0.664. The van der Waals surface area contributed by atoms with Gasteiger partial charge < -0.3 is 10.1 Å². The van der Waals surface area contributed by atoms with Gasteiger partial charge in [-0.25, -0.2) is 4.79 Å². The number of nitrogens with one attached hydrogen (secondary N) is 1. The Hall–Kier alpha value is -1.47. The molecule has 144 valence electrons. The maximum absolute atomic E-state index is 12.8.